The third kappa shape index (κ3) is 4.95. The largest absolute Gasteiger partial charge is 0.382 e. The zero-order chi connectivity index (χ0) is 17.7. The first-order valence-corrected chi connectivity index (χ1v) is 8.96. The number of amides is 1. The number of nitrogens with two attached hydrogens (primary N) is 1. The molecule has 0 saturated heterocycles. The van der Waals surface area contributed by atoms with Gasteiger partial charge in [-0.05, 0) is 44.2 Å². The fourth-order valence-corrected chi connectivity index (χ4v) is 3.71. The Morgan fingerprint density at radius 1 is 1.21 bits per heavy atom. The summed E-state index contributed by atoms with van der Waals surface area (Å²) in [5.41, 5.74) is 15.7. The van der Waals surface area contributed by atoms with Crippen molar-refractivity contribution in [1.82, 2.24) is 5.43 Å². The van der Waals surface area contributed by atoms with Gasteiger partial charge in [0, 0.05) is 6.04 Å². The Morgan fingerprint density at radius 2 is 1.79 bits per heavy atom. The maximum absolute atomic E-state index is 12.2. The standard InChI is InChI=1S/C19H31N3O2/c1-12-9-13(2)17(14(3)10-12)21-22-19(24)18(23)16(20)11-15-7-5-4-6-8-15/h9-10,15-16,18,21,23H,4-8,11,20H2,1-3H3,(H,22,24)/t16-,18?/m1/s1. The second-order valence-electron chi connectivity index (χ2n) is 7.24. The first-order chi connectivity index (χ1) is 11.4. The molecule has 2 atom stereocenters. The number of hydrogen-bond acceptors (Lipinski definition) is 4. The van der Waals surface area contributed by atoms with Crippen molar-refractivity contribution in [2.45, 2.75) is 71.4 Å². The lowest BCUT2D eigenvalue weighted by molar-refractivity contribution is -0.130. The normalized spacial score (nSPS) is 18.0. The molecule has 1 amide bonds. The van der Waals surface area contributed by atoms with E-state index in [2.05, 4.69) is 10.9 Å². The second kappa shape index (κ2) is 8.49. The van der Waals surface area contributed by atoms with Crippen LogP contribution in [0.2, 0.25) is 0 Å². The SMILES string of the molecule is Cc1cc(C)c(NNC(=O)C(O)[C@H](N)CC2CCCCC2)c(C)c1. The van der Waals surface area contributed by atoms with Gasteiger partial charge in [0.05, 0.1) is 5.69 Å². The Labute approximate surface area is 145 Å². The third-order valence-corrected chi connectivity index (χ3v) is 4.99. The Kier molecular flexibility index (Phi) is 6.63. The molecule has 0 bridgehead atoms. The van der Waals surface area contributed by atoms with Crippen molar-refractivity contribution in [2.75, 3.05) is 5.43 Å². The molecule has 2 rings (SSSR count). The van der Waals surface area contributed by atoms with E-state index < -0.39 is 18.1 Å². The number of carbonyl (C=O) groups excluding carboxylic acids is 1. The van der Waals surface area contributed by atoms with Gasteiger partial charge >= 0.3 is 0 Å². The lowest BCUT2D eigenvalue weighted by Crippen LogP contribution is -2.48. The van der Waals surface area contributed by atoms with Crippen LogP contribution in [0.1, 0.15) is 55.2 Å². The highest BCUT2D eigenvalue weighted by Gasteiger charge is 2.26. The molecule has 5 heteroatoms. The van der Waals surface area contributed by atoms with Gasteiger partial charge in [-0.25, -0.2) is 0 Å². The Bertz CT molecular complexity index is 545. The van der Waals surface area contributed by atoms with E-state index in [1.165, 1.54) is 24.8 Å². The van der Waals surface area contributed by atoms with Crippen LogP contribution < -0.4 is 16.6 Å². The molecule has 0 aromatic heterocycles. The van der Waals surface area contributed by atoms with E-state index in [1.807, 2.05) is 32.9 Å². The van der Waals surface area contributed by atoms with Crippen LogP contribution in [-0.4, -0.2) is 23.2 Å². The molecule has 0 radical (unpaired) electrons. The van der Waals surface area contributed by atoms with E-state index in [-0.39, 0.29) is 0 Å². The first kappa shape index (κ1) is 18.7. The molecule has 1 fully saturated rings. The van der Waals surface area contributed by atoms with Gasteiger partial charge < -0.3 is 10.8 Å². The van der Waals surface area contributed by atoms with Crippen LogP contribution in [-0.2, 0) is 4.79 Å². The van der Waals surface area contributed by atoms with E-state index >= 15 is 0 Å². The molecule has 0 spiro atoms. The molecule has 1 aromatic rings. The molecule has 24 heavy (non-hydrogen) atoms. The molecule has 1 saturated carbocycles. The molecule has 1 unspecified atom stereocenters. The van der Waals surface area contributed by atoms with Crippen LogP contribution in [0.4, 0.5) is 5.69 Å². The van der Waals surface area contributed by atoms with Crippen molar-refractivity contribution < 1.29 is 9.90 Å². The smallest absolute Gasteiger partial charge is 0.268 e. The predicted molar refractivity (Wildman–Crippen MR) is 97.6 cm³/mol. The number of anilines is 1. The van der Waals surface area contributed by atoms with Gasteiger partial charge in [-0.15, -0.1) is 0 Å². The predicted octanol–water partition coefficient (Wildman–Crippen LogP) is 2.71. The number of benzene rings is 1. The fraction of sp³-hybridized carbons (Fsp3) is 0.632. The average Bonchev–Trinajstić information content (AvgIpc) is 2.53. The van der Waals surface area contributed by atoms with E-state index in [4.69, 9.17) is 5.73 Å². The zero-order valence-electron chi connectivity index (χ0n) is 15.1. The van der Waals surface area contributed by atoms with Crippen LogP contribution in [0.15, 0.2) is 12.1 Å². The van der Waals surface area contributed by atoms with Crippen LogP contribution >= 0.6 is 0 Å². The molecule has 1 aliphatic rings. The third-order valence-electron chi connectivity index (χ3n) is 4.99. The Morgan fingerprint density at radius 3 is 2.38 bits per heavy atom. The highest BCUT2D eigenvalue weighted by molar-refractivity contribution is 5.82. The molecule has 1 aromatic carbocycles. The molecule has 1 aliphatic carbocycles. The lowest BCUT2D eigenvalue weighted by Gasteiger charge is -2.26. The van der Waals surface area contributed by atoms with Crippen molar-refractivity contribution in [1.29, 1.82) is 0 Å². The average molecular weight is 333 g/mol. The van der Waals surface area contributed by atoms with Crippen LogP contribution in [0.25, 0.3) is 0 Å². The number of aliphatic hydroxyl groups is 1. The van der Waals surface area contributed by atoms with E-state index in [9.17, 15) is 9.90 Å². The van der Waals surface area contributed by atoms with Crippen molar-refractivity contribution >= 4 is 11.6 Å². The number of carbonyl (C=O) groups is 1. The number of hydrogen-bond donors (Lipinski definition) is 4. The van der Waals surface area contributed by atoms with Gasteiger partial charge in [0.2, 0.25) is 0 Å². The summed E-state index contributed by atoms with van der Waals surface area (Å²) in [5, 5.41) is 10.2. The zero-order valence-corrected chi connectivity index (χ0v) is 15.1. The summed E-state index contributed by atoms with van der Waals surface area (Å²) in [6.07, 6.45) is 5.57. The van der Waals surface area contributed by atoms with Crippen molar-refractivity contribution in [2.24, 2.45) is 11.7 Å². The monoisotopic (exact) mass is 333 g/mol. The minimum absolute atomic E-state index is 0.474. The summed E-state index contributed by atoms with van der Waals surface area (Å²) >= 11 is 0. The molecule has 0 heterocycles. The minimum atomic E-state index is -1.19. The summed E-state index contributed by atoms with van der Waals surface area (Å²) < 4.78 is 0. The van der Waals surface area contributed by atoms with Gasteiger partial charge in [-0.2, -0.15) is 0 Å². The Balaban J connectivity index is 1.87. The second-order valence-corrected chi connectivity index (χ2v) is 7.24. The number of rotatable bonds is 6. The van der Waals surface area contributed by atoms with Gasteiger partial charge in [0.25, 0.3) is 5.91 Å². The van der Waals surface area contributed by atoms with Gasteiger partial charge in [0.15, 0.2) is 0 Å². The van der Waals surface area contributed by atoms with Gasteiger partial charge in [0.1, 0.15) is 6.10 Å². The van der Waals surface area contributed by atoms with E-state index in [1.54, 1.807) is 0 Å². The van der Waals surface area contributed by atoms with Gasteiger partial charge in [-0.1, -0.05) is 49.8 Å². The first-order valence-electron chi connectivity index (χ1n) is 8.96. The number of hydrazine groups is 1. The summed E-state index contributed by atoms with van der Waals surface area (Å²) in [7, 11) is 0. The molecule has 134 valence electrons. The van der Waals surface area contributed by atoms with Gasteiger partial charge in [-0.3, -0.25) is 15.6 Å². The maximum atomic E-state index is 12.2. The Hall–Kier alpha value is -1.59. The summed E-state index contributed by atoms with van der Waals surface area (Å²) in [5.74, 6) is 0.0587. The summed E-state index contributed by atoms with van der Waals surface area (Å²) in [6.45, 7) is 6.01. The van der Waals surface area contributed by atoms with Crippen LogP contribution in [0, 0.1) is 26.7 Å². The van der Waals surface area contributed by atoms with Crippen molar-refractivity contribution in [3.05, 3.63) is 28.8 Å². The molecular formula is C19H31N3O2. The highest BCUT2D eigenvalue weighted by atomic mass is 16.3. The van der Waals surface area contributed by atoms with Crippen LogP contribution in [0.5, 0.6) is 0 Å². The molecule has 0 aliphatic heterocycles. The number of aryl methyl sites for hydroxylation is 3. The van der Waals surface area contributed by atoms with Crippen molar-refractivity contribution in [3.8, 4) is 0 Å². The lowest BCUT2D eigenvalue weighted by atomic mass is 9.84. The molecular weight excluding hydrogens is 302 g/mol. The summed E-state index contributed by atoms with van der Waals surface area (Å²) in [4.78, 5) is 12.2. The fourth-order valence-electron chi connectivity index (χ4n) is 3.71. The minimum Gasteiger partial charge on any atom is -0.382 e. The van der Waals surface area contributed by atoms with Crippen LogP contribution in [0.3, 0.4) is 0 Å². The molecule has 5 nitrogen and oxygen atoms in total. The number of aliphatic hydroxyl groups excluding tert-OH is 1. The van der Waals surface area contributed by atoms with E-state index in [0.29, 0.717) is 12.3 Å². The quantitative estimate of drug-likeness (QED) is 0.603. The van der Waals surface area contributed by atoms with E-state index in [0.717, 1.165) is 29.7 Å². The van der Waals surface area contributed by atoms with Crippen molar-refractivity contribution in [3.63, 3.8) is 0 Å². The summed E-state index contributed by atoms with van der Waals surface area (Å²) in [6, 6.07) is 3.58. The molecule has 5 N–H and O–H groups in total. The maximum Gasteiger partial charge on any atom is 0.268 e. The highest BCUT2D eigenvalue weighted by Crippen LogP contribution is 2.27. The topological polar surface area (TPSA) is 87.4 Å². The number of nitrogens with one attached hydrogen (secondary N) is 2.